The minimum atomic E-state index is -4.97. The van der Waals surface area contributed by atoms with Gasteiger partial charge in [-0.2, -0.15) is 4.98 Å². The Morgan fingerprint density at radius 1 is 1.50 bits per heavy atom. The Balaban J connectivity index is 2.36. The van der Waals surface area contributed by atoms with Crippen LogP contribution in [-0.4, -0.2) is 59.6 Å². The summed E-state index contributed by atoms with van der Waals surface area (Å²) in [7, 11) is -4.97. The number of hydrogen-bond acceptors (Lipinski definition) is 9. The van der Waals surface area contributed by atoms with E-state index in [4.69, 9.17) is 25.4 Å². The third kappa shape index (κ3) is 3.28. The van der Waals surface area contributed by atoms with E-state index in [0.717, 1.165) is 6.20 Å². The SMILES string of the molecule is Nc1nc(=O)n([C@@H]2O[C@H](CO)[C@@H](OP(=O)(O)O)[C@H]2O)cc1O. The maximum Gasteiger partial charge on any atom is 0.470 e. The first-order valence-electron chi connectivity index (χ1n) is 5.90. The lowest BCUT2D eigenvalue weighted by molar-refractivity contribution is -0.0550. The second-order valence-electron chi connectivity index (χ2n) is 4.50. The molecule has 1 aromatic heterocycles. The molecule has 0 amide bonds. The zero-order valence-electron chi connectivity index (χ0n) is 10.9. The summed E-state index contributed by atoms with van der Waals surface area (Å²) in [5, 5.41) is 28.6. The Kier molecular flexibility index (Phi) is 4.54. The average Bonchev–Trinajstić information content (AvgIpc) is 2.69. The highest BCUT2D eigenvalue weighted by Gasteiger charge is 2.48. The lowest BCUT2D eigenvalue weighted by atomic mass is 10.1. The van der Waals surface area contributed by atoms with Crippen molar-refractivity contribution in [1.29, 1.82) is 0 Å². The second kappa shape index (κ2) is 5.93. The fourth-order valence-corrected chi connectivity index (χ4v) is 2.62. The molecule has 0 spiro atoms. The molecule has 1 aromatic rings. The van der Waals surface area contributed by atoms with Gasteiger partial charge in [-0.1, -0.05) is 0 Å². The van der Waals surface area contributed by atoms with Gasteiger partial charge in [0.05, 0.1) is 12.8 Å². The number of nitrogens with two attached hydrogens (primary N) is 1. The summed E-state index contributed by atoms with van der Waals surface area (Å²) in [6, 6.07) is 0. The Bertz CT molecular complexity index is 658. The highest BCUT2D eigenvalue weighted by atomic mass is 31.2. The number of rotatable bonds is 4. The lowest BCUT2D eigenvalue weighted by Gasteiger charge is -2.20. The summed E-state index contributed by atoms with van der Waals surface area (Å²) in [6.45, 7) is -0.735. The summed E-state index contributed by atoms with van der Waals surface area (Å²) in [5.74, 6) is -0.995. The van der Waals surface area contributed by atoms with Crippen LogP contribution in [0.4, 0.5) is 5.82 Å². The molecule has 1 aliphatic heterocycles. The number of phosphoric ester groups is 1. The van der Waals surface area contributed by atoms with Crippen molar-refractivity contribution in [2.24, 2.45) is 0 Å². The number of aromatic nitrogens is 2. The first-order valence-corrected chi connectivity index (χ1v) is 7.43. The van der Waals surface area contributed by atoms with Crippen molar-refractivity contribution in [2.75, 3.05) is 12.3 Å². The van der Waals surface area contributed by atoms with Gasteiger partial charge < -0.3 is 35.6 Å². The van der Waals surface area contributed by atoms with Gasteiger partial charge >= 0.3 is 13.5 Å². The summed E-state index contributed by atoms with van der Waals surface area (Å²) < 4.78 is 21.1. The van der Waals surface area contributed by atoms with Gasteiger partial charge in [-0.05, 0) is 0 Å². The van der Waals surface area contributed by atoms with Gasteiger partial charge in [0.2, 0.25) is 0 Å². The van der Waals surface area contributed by atoms with Gasteiger partial charge in [-0.25, -0.2) is 9.36 Å². The van der Waals surface area contributed by atoms with Gasteiger partial charge in [-0.3, -0.25) is 9.09 Å². The van der Waals surface area contributed by atoms with E-state index in [-0.39, 0.29) is 0 Å². The maximum atomic E-state index is 11.7. The number of aromatic hydroxyl groups is 1. The highest BCUT2D eigenvalue weighted by molar-refractivity contribution is 7.46. The zero-order valence-corrected chi connectivity index (χ0v) is 11.8. The van der Waals surface area contributed by atoms with Crippen molar-refractivity contribution in [3.63, 3.8) is 0 Å². The monoisotopic (exact) mass is 339 g/mol. The molecule has 0 unspecified atom stereocenters. The molecule has 4 atom stereocenters. The number of phosphoric acid groups is 1. The van der Waals surface area contributed by atoms with Crippen molar-refractivity contribution in [1.82, 2.24) is 9.55 Å². The summed E-state index contributed by atoms with van der Waals surface area (Å²) in [4.78, 5) is 32.6. The van der Waals surface area contributed by atoms with Crippen molar-refractivity contribution in [3.05, 3.63) is 16.7 Å². The molecule has 0 aliphatic carbocycles. The fourth-order valence-electron chi connectivity index (χ4n) is 2.04. The van der Waals surface area contributed by atoms with E-state index >= 15 is 0 Å². The Labute approximate surface area is 122 Å². The number of nitrogens with zero attached hydrogens (tertiary/aromatic N) is 2. The molecule has 0 radical (unpaired) electrons. The highest BCUT2D eigenvalue weighted by Crippen LogP contribution is 2.43. The number of hydrogen-bond donors (Lipinski definition) is 6. The van der Waals surface area contributed by atoms with E-state index < -0.39 is 56.2 Å². The van der Waals surface area contributed by atoms with Crippen LogP contribution < -0.4 is 11.4 Å². The molecular formula is C9H14N3O9P. The molecule has 2 rings (SSSR count). The van der Waals surface area contributed by atoms with Gasteiger partial charge in [0, 0.05) is 0 Å². The molecule has 0 saturated carbocycles. The van der Waals surface area contributed by atoms with Crippen LogP contribution in [0.5, 0.6) is 5.75 Å². The molecule has 2 heterocycles. The van der Waals surface area contributed by atoms with Crippen LogP contribution in [0.2, 0.25) is 0 Å². The van der Waals surface area contributed by atoms with Crippen molar-refractivity contribution in [2.45, 2.75) is 24.5 Å². The summed E-state index contributed by atoms with van der Waals surface area (Å²) in [6.07, 6.45) is -5.26. The van der Waals surface area contributed by atoms with E-state index in [2.05, 4.69) is 9.51 Å². The molecule has 0 aromatic carbocycles. The summed E-state index contributed by atoms with van der Waals surface area (Å²) >= 11 is 0. The summed E-state index contributed by atoms with van der Waals surface area (Å²) in [5.41, 5.74) is 4.26. The Morgan fingerprint density at radius 2 is 2.14 bits per heavy atom. The smallest absolute Gasteiger partial charge is 0.470 e. The number of ether oxygens (including phenoxy) is 1. The predicted molar refractivity (Wildman–Crippen MR) is 68.5 cm³/mol. The minimum absolute atomic E-state index is 0.435. The van der Waals surface area contributed by atoms with E-state index in [9.17, 15) is 19.6 Å². The number of nitrogen functional groups attached to an aromatic ring is 1. The predicted octanol–water partition coefficient (Wildman–Crippen LogP) is -2.74. The second-order valence-corrected chi connectivity index (χ2v) is 5.69. The molecule has 1 fully saturated rings. The van der Waals surface area contributed by atoms with Crippen LogP contribution in [0.15, 0.2) is 11.0 Å². The van der Waals surface area contributed by atoms with Crippen molar-refractivity contribution < 1.29 is 38.9 Å². The van der Waals surface area contributed by atoms with E-state index in [1.807, 2.05) is 0 Å². The normalized spacial score (nSPS) is 28.9. The van der Waals surface area contributed by atoms with Crippen molar-refractivity contribution >= 4 is 13.6 Å². The Morgan fingerprint density at radius 3 is 2.68 bits per heavy atom. The quantitative estimate of drug-likeness (QED) is 0.311. The Hall–Kier alpha value is -1.53. The van der Waals surface area contributed by atoms with Gasteiger partial charge in [0.25, 0.3) is 0 Å². The zero-order chi connectivity index (χ0) is 16.7. The largest absolute Gasteiger partial charge is 0.503 e. The van der Waals surface area contributed by atoms with Crippen LogP contribution >= 0.6 is 7.82 Å². The molecule has 124 valence electrons. The number of anilines is 1. The number of aliphatic hydroxyl groups is 2. The van der Waals surface area contributed by atoms with Gasteiger partial charge in [0.1, 0.15) is 18.3 Å². The first-order chi connectivity index (χ1) is 10.1. The maximum absolute atomic E-state index is 11.7. The average molecular weight is 339 g/mol. The fraction of sp³-hybridized carbons (Fsp3) is 0.556. The van der Waals surface area contributed by atoms with Crippen LogP contribution in [-0.2, 0) is 13.8 Å². The molecule has 22 heavy (non-hydrogen) atoms. The molecule has 12 nitrogen and oxygen atoms in total. The van der Waals surface area contributed by atoms with Crippen LogP contribution in [0, 0.1) is 0 Å². The first kappa shape index (κ1) is 16.8. The van der Waals surface area contributed by atoms with Gasteiger partial charge in [-0.15, -0.1) is 0 Å². The number of aliphatic hydroxyl groups excluding tert-OH is 2. The third-order valence-corrected chi connectivity index (χ3v) is 3.50. The van der Waals surface area contributed by atoms with E-state index in [1.54, 1.807) is 0 Å². The lowest BCUT2D eigenvalue weighted by Crippen LogP contribution is -2.37. The molecular weight excluding hydrogens is 325 g/mol. The third-order valence-electron chi connectivity index (χ3n) is 2.98. The molecule has 1 aliphatic rings. The van der Waals surface area contributed by atoms with Gasteiger partial charge in [0.15, 0.2) is 17.8 Å². The molecule has 0 bridgehead atoms. The molecule has 1 saturated heterocycles. The van der Waals surface area contributed by atoms with Crippen molar-refractivity contribution in [3.8, 4) is 5.75 Å². The van der Waals surface area contributed by atoms with E-state index in [0.29, 0.717) is 4.57 Å². The van der Waals surface area contributed by atoms with Crippen LogP contribution in [0.3, 0.4) is 0 Å². The molecule has 13 heteroatoms. The van der Waals surface area contributed by atoms with E-state index in [1.165, 1.54) is 0 Å². The van der Waals surface area contributed by atoms with Crippen LogP contribution in [0.25, 0.3) is 0 Å². The molecule has 7 N–H and O–H groups in total. The minimum Gasteiger partial charge on any atom is -0.503 e. The van der Waals surface area contributed by atoms with Crippen LogP contribution in [0.1, 0.15) is 6.23 Å². The standard InChI is InChI=1S/C9H14N3O9P/c10-7-3(14)1-12(9(16)11-7)8-5(15)6(4(2-13)20-8)21-22(17,18)19/h1,4-6,8,13-15H,2H2,(H2,10,11,16)(H2,17,18,19)/t4-,5-,6-,8-/m1/s1. The topological polar surface area (TPSA) is 198 Å².